The molecule has 3 rings (SSSR count). The lowest BCUT2D eigenvalue weighted by Gasteiger charge is -2.36. The average molecular weight is 478 g/mol. The van der Waals surface area contributed by atoms with Gasteiger partial charge in [0.25, 0.3) is 0 Å². The lowest BCUT2D eigenvalue weighted by Crippen LogP contribution is -2.45. The molecule has 0 aromatic heterocycles. The Morgan fingerprint density at radius 2 is 1.62 bits per heavy atom. The van der Waals surface area contributed by atoms with E-state index >= 15 is 0 Å². The first-order valence-corrected chi connectivity index (χ1v) is 8.61. The first-order valence-electron chi connectivity index (χ1n) is 8.23. The molecule has 0 spiro atoms. The predicted octanol–water partition coefficient (Wildman–Crippen LogP) is 4.92. The molecule has 1 heterocycles. The maximum Gasteiger partial charge on any atom is 0.573 e. The zero-order chi connectivity index (χ0) is 19.6. The molecule has 0 amide bonds. The molecule has 29 heavy (non-hydrogen) atoms. The molecule has 0 radical (unpaired) electrons. The van der Waals surface area contributed by atoms with Gasteiger partial charge < -0.3 is 15.2 Å². The zero-order valence-electron chi connectivity index (χ0n) is 14.9. The van der Waals surface area contributed by atoms with Crippen LogP contribution in [0, 0.1) is 5.82 Å². The number of ether oxygens (including phenoxy) is 1. The second-order valence-corrected chi connectivity index (χ2v) is 6.50. The lowest BCUT2D eigenvalue weighted by atomic mass is 9.95. The van der Waals surface area contributed by atoms with Crippen LogP contribution in [0.5, 0.6) is 11.5 Å². The Morgan fingerprint density at radius 3 is 2.17 bits per heavy atom. The van der Waals surface area contributed by atoms with Crippen LogP contribution in [0.2, 0.25) is 5.02 Å². The minimum Gasteiger partial charge on any atom is -0.505 e. The van der Waals surface area contributed by atoms with E-state index in [1.165, 1.54) is 30.3 Å². The number of aromatic hydroxyl groups is 1. The third-order valence-corrected chi connectivity index (χ3v) is 4.66. The summed E-state index contributed by atoms with van der Waals surface area (Å²) in [7, 11) is 0. The van der Waals surface area contributed by atoms with E-state index in [1.54, 1.807) is 0 Å². The number of benzene rings is 2. The molecule has 1 atom stereocenters. The molecule has 0 unspecified atom stereocenters. The van der Waals surface area contributed by atoms with Crippen LogP contribution in [0.25, 0.3) is 0 Å². The maximum absolute atomic E-state index is 14.0. The Bertz CT molecular complexity index is 801. The van der Waals surface area contributed by atoms with Gasteiger partial charge in [0, 0.05) is 36.8 Å². The van der Waals surface area contributed by atoms with E-state index < -0.39 is 24.0 Å². The number of phenols is 1. The van der Waals surface area contributed by atoms with Gasteiger partial charge in [-0.05, 0) is 29.8 Å². The quantitative estimate of drug-likeness (QED) is 0.614. The van der Waals surface area contributed by atoms with Crippen LogP contribution in [-0.4, -0.2) is 42.5 Å². The Morgan fingerprint density at radius 1 is 1.03 bits per heavy atom. The van der Waals surface area contributed by atoms with E-state index in [2.05, 4.69) is 10.1 Å². The van der Waals surface area contributed by atoms with E-state index in [9.17, 15) is 22.7 Å². The molecule has 1 aliphatic heterocycles. The number of rotatable bonds is 4. The maximum atomic E-state index is 14.0. The first kappa shape index (κ1) is 25.6. The van der Waals surface area contributed by atoms with E-state index in [4.69, 9.17) is 11.6 Å². The van der Waals surface area contributed by atoms with Gasteiger partial charge in [-0.3, -0.25) is 4.90 Å². The van der Waals surface area contributed by atoms with Gasteiger partial charge in [0.2, 0.25) is 0 Å². The average Bonchev–Trinajstić information content (AvgIpc) is 2.62. The molecule has 2 aromatic carbocycles. The van der Waals surface area contributed by atoms with Crippen LogP contribution >= 0.6 is 36.4 Å². The summed E-state index contributed by atoms with van der Waals surface area (Å²) >= 11 is 6.24. The van der Waals surface area contributed by atoms with E-state index in [0.29, 0.717) is 31.7 Å². The number of piperazine rings is 1. The van der Waals surface area contributed by atoms with Crippen LogP contribution < -0.4 is 10.1 Å². The van der Waals surface area contributed by atoms with Crippen LogP contribution in [0.3, 0.4) is 0 Å². The van der Waals surface area contributed by atoms with Crippen molar-refractivity contribution in [2.24, 2.45) is 0 Å². The van der Waals surface area contributed by atoms with Crippen molar-refractivity contribution in [2.45, 2.75) is 12.4 Å². The van der Waals surface area contributed by atoms with Gasteiger partial charge in [0.05, 0.1) is 6.04 Å². The second kappa shape index (κ2) is 10.5. The number of nitrogens with zero attached hydrogens (tertiary/aromatic N) is 1. The summed E-state index contributed by atoms with van der Waals surface area (Å²) in [6.07, 6.45) is -4.79. The van der Waals surface area contributed by atoms with Crippen molar-refractivity contribution in [3.05, 3.63) is 58.4 Å². The van der Waals surface area contributed by atoms with Crippen LogP contribution in [0.15, 0.2) is 36.4 Å². The van der Waals surface area contributed by atoms with Gasteiger partial charge in [0.1, 0.15) is 5.75 Å². The van der Waals surface area contributed by atoms with Crippen molar-refractivity contribution in [1.82, 2.24) is 10.2 Å². The standard InChI is InChI=1S/C18H17ClF4N2O2.2ClH/c19-13-5-6-14(20)17(26)15(13)16(25-9-7-24-8-10-25)11-1-3-12(4-2-11)27-18(21,22)23;;/h1-6,16,24,26H,7-10H2;2*1H/t16-;;/m0../s1. The lowest BCUT2D eigenvalue weighted by molar-refractivity contribution is -0.274. The minimum absolute atomic E-state index is 0. The topological polar surface area (TPSA) is 44.7 Å². The SMILES string of the molecule is Cl.Cl.Oc1c(F)ccc(Cl)c1[C@H](c1ccc(OC(F)(F)F)cc1)N1CCNCC1. The van der Waals surface area contributed by atoms with Gasteiger partial charge in [-0.2, -0.15) is 0 Å². The van der Waals surface area contributed by atoms with Crippen LogP contribution in [-0.2, 0) is 0 Å². The molecular formula is C18H19Cl3F4N2O2. The summed E-state index contributed by atoms with van der Waals surface area (Å²) in [5.41, 5.74) is 0.747. The normalized spacial score (nSPS) is 15.8. The summed E-state index contributed by atoms with van der Waals surface area (Å²) in [6, 6.07) is 7.07. The Labute approximate surface area is 182 Å². The van der Waals surface area contributed by atoms with Crippen molar-refractivity contribution in [3.8, 4) is 11.5 Å². The number of halogens is 7. The molecule has 162 valence electrons. The molecule has 0 aliphatic carbocycles. The van der Waals surface area contributed by atoms with E-state index in [0.717, 1.165) is 6.07 Å². The molecule has 0 saturated carbocycles. The highest BCUT2D eigenvalue weighted by atomic mass is 35.5. The highest BCUT2D eigenvalue weighted by molar-refractivity contribution is 6.31. The summed E-state index contributed by atoms with van der Waals surface area (Å²) in [6.45, 7) is 2.55. The summed E-state index contributed by atoms with van der Waals surface area (Å²) < 4.78 is 55.0. The fourth-order valence-electron chi connectivity index (χ4n) is 3.17. The number of hydrogen-bond donors (Lipinski definition) is 2. The number of hydrogen-bond acceptors (Lipinski definition) is 4. The monoisotopic (exact) mass is 476 g/mol. The molecule has 2 N–H and O–H groups in total. The summed E-state index contributed by atoms with van der Waals surface area (Å²) in [5, 5.41) is 13.6. The number of alkyl halides is 3. The molecule has 0 bridgehead atoms. The summed E-state index contributed by atoms with van der Waals surface area (Å²) in [5.74, 6) is -1.74. The second-order valence-electron chi connectivity index (χ2n) is 6.10. The largest absolute Gasteiger partial charge is 0.573 e. The van der Waals surface area contributed by atoms with Gasteiger partial charge >= 0.3 is 6.36 Å². The number of phenolic OH excluding ortho intramolecular Hbond substituents is 1. The van der Waals surface area contributed by atoms with Gasteiger partial charge in [-0.1, -0.05) is 23.7 Å². The van der Waals surface area contributed by atoms with Crippen molar-refractivity contribution in [2.75, 3.05) is 26.2 Å². The van der Waals surface area contributed by atoms with Crippen LogP contribution in [0.4, 0.5) is 17.6 Å². The molecule has 1 fully saturated rings. The first-order chi connectivity index (χ1) is 12.8. The smallest absolute Gasteiger partial charge is 0.505 e. The van der Waals surface area contributed by atoms with Crippen molar-refractivity contribution < 1.29 is 27.4 Å². The van der Waals surface area contributed by atoms with Crippen LogP contribution in [0.1, 0.15) is 17.2 Å². The highest BCUT2D eigenvalue weighted by Gasteiger charge is 2.32. The fraction of sp³-hybridized carbons (Fsp3) is 0.333. The van der Waals surface area contributed by atoms with Crippen molar-refractivity contribution >= 4 is 36.4 Å². The Balaban J connectivity index is 0.00000210. The van der Waals surface area contributed by atoms with Gasteiger partial charge in [-0.25, -0.2) is 4.39 Å². The molecule has 1 aliphatic rings. The predicted molar refractivity (Wildman–Crippen MR) is 107 cm³/mol. The summed E-state index contributed by atoms with van der Waals surface area (Å²) in [4.78, 5) is 1.98. The van der Waals surface area contributed by atoms with Crippen molar-refractivity contribution in [3.63, 3.8) is 0 Å². The molecule has 1 saturated heterocycles. The van der Waals surface area contributed by atoms with Gasteiger partial charge in [-0.15, -0.1) is 38.0 Å². The highest BCUT2D eigenvalue weighted by Crippen LogP contribution is 2.41. The Kier molecular flexibility index (Phi) is 9.30. The molecule has 11 heteroatoms. The zero-order valence-corrected chi connectivity index (χ0v) is 17.3. The minimum atomic E-state index is -4.79. The van der Waals surface area contributed by atoms with E-state index in [1.807, 2.05) is 4.90 Å². The third-order valence-electron chi connectivity index (χ3n) is 4.33. The molecule has 4 nitrogen and oxygen atoms in total. The molecular weight excluding hydrogens is 459 g/mol. The third kappa shape index (κ3) is 6.26. The fourth-order valence-corrected chi connectivity index (χ4v) is 3.42. The number of nitrogens with one attached hydrogen (secondary N) is 1. The van der Waals surface area contributed by atoms with E-state index in [-0.39, 0.29) is 41.1 Å². The van der Waals surface area contributed by atoms with Gasteiger partial charge in [0.15, 0.2) is 11.6 Å². The molecule has 2 aromatic rings. The Hall–Kier alpha value is -1.45. The van der Waals surface area contributed by atoms with Crippen molar-refractivity contribution in [1.29, 1.82) is 0 Å².